The molecule has 0 bridgehead atoms. The minimum absolute atomic E-state index is 0.0197. The van der Waals surface area contributed by atoms with E-state index in [0.29, 0.717) is 13.0 Å². The van der Waals surface area contributed by atoms with Crippen molar-refractivity contribution in [3.63, 3.8) is 0 Å². The fourth-order valence-corrected chi connectivity index (χ4v) is 1.73. The number of anilines is 1. The number of nitrogens with zero attached hydrogens (tertiary/aromatic N) is 1. The third kappa shape index (κ3) is 4.42. The van der Waals surface area contributed by atoms with Crippen LogP contribution in [0.15, 0.2) is 18.2 Å². The van der Waals surface area contributed by atoms with E-state index < -0.39 is 11.7 Å². The predicted molar refractivity (Wildman–Crippen MR) is 70.1 cm³/mol. The Morgan fingerprint density at radius 2 is 1.95 bits per heavy atom. The van der Waals surface area contributed by atoms with E-state index in [1.165, 1.54) is 12.1 Å². The van der Waals surface area contributed by atoms with Crippen molar-refractivity contribution in [3.8, 4) is 6.07 Å². The van der Waals surface area contributed by atoms with Gasteiger partial charge >= 0.3 is 6.18 Å². The number of aliphatic hydroxyl groups excluding tert-OH is 1. The average molecular weight is 286 g/mol. The van der Waals surface area contributed by atoms with Crippen molar-refractivity contribution < 1.29 is 18.3 Å². The molecular weight excluding hydrogens is 269 g/mol. The van der Waals surface area contributed by atoms with Crippen LogP contribution in [-0.4, -0.2) is 18.3 Å². The molecule has 20 heavy (non-hydrogen) atoms. The Hall–Kier alpha value is -1.74. The monoisotopic (exact) mass is 286 g/mol. The molecule has 1 aromatic carbocycles. The highest BCUT2D eigenvalue weighted by molar-refractivity contribution is 5.56. The molecule has 0 saturated heterocycles. The highest BCUT2D eigenvalue weighted by atomic mass is 19.4. The highest BCUT2D eigenvalue weighted by Gasteiger charge is 2.34. The first-order valence-corrected chi connectivity index (χ1v) is 6.16. The highest BCUT2D eigenvalue weighted by Crippen LogP contribution is 2.36. The lowest BCUT2D eigenvalue weighted by molar-refractivity contribution is -0.137. The first-order chi connectivity index (χ1) is 9.19. The molecule has 0 spiro atoms. The van der Waals surface area contributed by atoms with E-state index >= 15 is 0 Å². The van der Waals surface area contributed by atoms with Gasteiger partial charge in [-0.15, -0.1) is 0 Å². The maximum atomic E-state index is 12.9. The van der Waals surface area contributed by atoms with E-state index in [-0.39, 0.29) is 23.3 Å². The Morgan fingerprint density at radius 1 is 1.30 bits per heavy atom. The normalized spacial score (nSPS) is 12.1. The molecule has 3 nitrogen and oxygen atoms in total. The van der Waals surface area contributed by atoms with Crippen LogP contribution in [0.1, 0.15) is 31.4 Å². The van der Waals surface area contributed by atoms with Gasteiger partial charge in [-0.2, -0.15) is 18.4 Å². The number of halogens is 3. The van der Waals surface area contributed by atoms with Crippen molar-refractivity contribution in [3.05, 3.63) is 29.3 Å². The molecule has 1 rings (SSSR count). The van der Waals surface area contributed by atoms with E-state index in [9.17, 15) is 13.2 Å². The van der Waals surface area contributed by atoms with Crippen molar-refractivity contribution in [1.82, 2.24) is 0 Å². The largest absolute Gasteiger partial charge is 0.418 e. The molecule has 0 radical (unpaired) electrons. The number of nitriles is 1. The maximum Gasteiger partial charge on any atom is 0.418 e. The van der Waals surface area contributed by atoms with Gasteiger partial charge in [-0.05, 0) is 30.0 Å². The molecule has 0 aliphatic rings. The van der Waals surface area contributed by atoms with Crippen LogP contribution >= 0.6 is 0 Å². The minimum atomic E-state index is -4.52. The van der Waals surface area contributed by atoms with Gasteiger partial charge in [-0.25, -0.2) is 0 Å². The molecule has 0 saturated carbocycles. The molecule has 6 heteroatoms. The third-order valence-electron chi connectivity index (χ3n) is 3.00. The van der Waals surface area contributed by atoms with Crippen LogP contribution in [0.5, 0.6) is 0 Å². The van der Waals surface area contributed by atoms with Crippen LogP contribution in [0, 0.1) is 16.7 Å². The van der Waals surface area contributed by atoms with Crippen molar-refractivity contribution in [1.29, 1.82) is 5.26 Å². The van der Waals surface area contributed by atoms with Gasteiger partial charge in [0.1, 0.15) is 0 Å². The summed E-state index contributed by atoms with van der Waals surface area (Å²) in [5.74, 6) is 0. The second kappa shape index (κ2) is 6.14. The number of alkyl halides is 3. The molecule has 2 N–H and O–H groups in total. The molecule has 0 aromatic heterocycles. The number of aliphatic hydroxyl groups is 1. The van der Waals surface area contributed by atoms with E-state index in [1.54, 1.807) is 6.07 Å². The number of nitrogens with one attached hydrogen (secondary N) is 1. The van der Waals surface area contributed by atoms with Gasteiger partial charge in [0.2, 0.25) is 0 Å². The second-order valence-corrected chi connectivity index (χ2v) is 5.36. The molecule has 1 aromatic rings. The van der Waals surface area contributed by atoms with Gasteiger partial charge in [0.15, 0.2) is 0 Å². The Kier molecular flexibility index (Phi) is 5.01. The first-order valence-electron chi connectivity index (χ1n) is 6.16. The van der Waals surface area contributed by atoms with Gasteiger partial charge < -0.3 is 10.4 Å². The summed E-state index contributed by atoms with van der Waals surface area (Å²) < 4.78 is 38.8. The fraction of sp³-hybridized carbons (Fsp3) is 0.500. The van der Waals surface area contributed by atoms with Gasteiger partial charge in [0.25, 0.3) is 0 Å². The second-order valence-electron chi connectivity index (χ2n) is 5.36. The van der Waals surface area contributed by atoms with Crippen LogP contribution in [-0.2, 0) is 6.18 Å². The minimum Gasteiger partial charge on any atom is -0.396 e. The Balaban J connectivity index is 2.99. The standard InChI is InChI=1S/C14H17F3N2O/c1-13(2,5-6-20)9-19-12-4-3-10(8-18)7-11(12)14(15,16)17/h3-4,7,19-20H,5-6,9H2,1-2H3. The molecule has 0 atom stereocenters. The Bertz CT molecular complexity index is 504. The van der Waals surface area contributed by atoms with Gasteiger partial charge in [-0.1, -0.05) is 13.8 Å². The third-order valence-corrected chi connectivity index (χ3v) is 3.00. The van der Waals surface area contributed by atoms with E-state index in [1.807, 2.05) is 13.8 Å². The zero-order valence-corrected chi connectivity index (χ0v) is 11.4. The van der Waals surface area contributed by atoms with Crippen molar-refractivity contribution in [2.75, 3.05) is 18.5 Å². The molecular formula is C14H17F3N2O. The lowest BCUT2D eigenvalue weighted by atomic mass is 9.89. The summed E-state index contributed by atoms with van der Waals surface area (Å²) in [6.07, 6.45) is -4.03. The lowest BCUT2D eigenvalue weighted by Crippen LogP contribution is -2.25. The molecule has 0 fully saturated rings. The van der Waals surface area contributed by atoms with Crippen molar-refractivity contribution in [2.24, 2.45) is 5.41 Å². The number of hydrogen-bond acceptors (Lipinski definition) is 3. The summed E-state index contributed by atoms with van der Waals surface area (Å²) >= 11 is 0. The summed E-state index contributed by atoms with van der Waals surface area (Å²) in [6, 6.07) is 5.14. The lowest BCUT2D eigenvalue weighted by Gasteiger charge is -2.25. The molecule has 0 aliphatic carbocycles. The first kappa shape index (κ1) is 16.3. The topological polar surface area (TPSA) is 56.0 Å². The Morgan fingerprint density at radius 3 is 2.45 bits per heavy atom. The van der Waals surface area contributed by atoms with E-state index in [0.717, 1.165) is 6.07 Å². The molecule has 110 valence electrons. The smallest absolute Gasteiger partial charge is 0.396 e. The summed E-state index contributed by atoms with van der Waals surface area (Å²) in [7, 11) is 0. The summed E-state index contributed by atoms with van der Waals surface area (Å²) in [4.78, 5) is 0. The number of benzene rings is 1. The van der Waals surface area contributed by atoms with Crippen LogP contribution < -0.4 is 5.32 Å². The van der Waals surface area contributed by atoms with Crippen LogP contribution in [0.3, 0.4) is 0 Å². The quantitative estimate of drug-likeness (QED) is 0.872. The van der Waals surface area contributed by atoms with E-state index in [4.69, 9.17) is 10.4 Å². The zero-order chi connectivity index (χ0) is 15.4. The van der Waals surface area contributed by atoms with Crippen LogP contribution in [0.4, 0.5) is 18.9 Å². The van der Waals surface area contributed by atoms with Gasteiger partial charge in [-0.3, -0.25) is 0 Å². The predicted octanol–water partition coefficient (Wildman–Crippen LogP) is 3.40. The maximum absolute atomic E-state index is 12.9. The Labute approximate surface area is 116 Å². The van der Waals surface area contributed by atoms with Gasteiger partial charge in [0, 0.05) is 18.8 Å². The average Bonchev–Trinajstić information content (AvgIpc) is 2.35. The fourth-order valence-electron chi connectivity index (χ4n) is 1.73. The molecule has 0 aliphatic heterocycles. The summed E-state index contributed by atoms with van der Waals surface area (Å²) in [5, 5.41) is 20.3. The molecule has 0 heterocycles. The van der Waals surface area contributed by atoms with Crippen LogP contribution in [0.2, 0.25) is 0 Å². The van der Waals surface area contributed by atoms with Crippen molar-refractivity contribution in [2.45, 2.75) is 26.4 Å². The van der Waals surface area contributed by atoms with E-state index in [2.05, 4.69) is 5.32 Å². The number of hydrogen-bond donors (Lipinski definition) is 2. The van der Waals surface area contributed by atoms with Gasteiger partial charge in [0.05, 0.1) is 17.2 Å². The summed E-state index contributed by atoms with van der Waals surface area (Å²) in [5.41, 5.74) is -1.26. The molecule has 0 unspecified atom stereocenters. The zero-order valence-electron chi connectivity index (χ0n) is 11.4. The number of rotatable bonds is 5. The molecule has 0 amide bonds. The SMILES string of the molecule is CC(C)(CCO)CNc1ccc(C#N)cc1C(F)(F)F. The van der Waals surface area contributed by atoms with Crippen molar-refractivity contribution >= 4 is 5.69 Å². The summed E-state index contributed by atoms with van der Waals surface area (Å²) in [6.45, 7) is 3.98. The van der Waals surface area contributed by atoms with Crippen LogP contribution in [0.25, 0.3) is 0 Å².